The lowest BCUT2D eigenvalue weighted by Gasteiger charge is -2.22. The molecule has 0 aromatic heterocycles. The number of carbonyl (C=O) groups is 2. The predicted octanol–water partition coefficient (Wildman–Crippen LogP) is 5.06. The lowest BCUT2D eigenvalue weighted by Crippen LogP contribution is -2.15. The number of esters is 2. The molecular formula is C28H32O6. The minimum absolute atomic E-state index is 0.168. The van der Waals surface area contributed by atoms with Gasteiger partial charge in [0, 0.05) is 23.0 Å². The van der Waals surface area contributed by atoms with E-state index in [0.29, 0.717) is 11.5 Å². The molecule has 0 N–H and O–H groups in total. The van der Waals surface area contributed by atoms with Crippen LogP contribution >= 0.6 is 0 Å². The average molecular weight is 465 g/mol. The Hall–Kier alpha value is -3.90. The molecule has 6 heteroatoms. The fourth-order valence-electron chi connectivity index (χ4n) is 2.88. The van der Waals surface area contributed by atoms with Gasteiger partial charge < -0.3 is 18.9 Å². The monoisotopic (exact) mass is 464 g/mol. The lowest BCUT2D eigenvalue weighted by atomic mass is 9.86. The predicted molar refractivity (Wildman–Crippen MR) is 132 cm³/mol. The van der Waals surface area contributed by atoms with E-state index in [1.807, 2.05) is 65.5 Å². The first-order chi connectivity index (χ1) is 15.8. The van der Waals surface area contributed by atoms with Gasteiger partial charge in [-0.25, -0.2) is 9.59 Å². The maximum Gasteiger partial charge on any atom is 0.389 e. The Kier molecular flexibility index (Phi) is 9.78. The van der Waals surface area contributed by atoms with Crippen LogP contribution in [-0.4, -0.2) is 26.2 Å². The van der Waals surface area contributed by atoms with Crippen molar-refractivity contribution in [1.82, 2.24) is 0 Å². The molecule has 0 radical (unpaired) electrons. The van der Waals surface area contributed by atoms with Crippen LogP contribution in [0.5, 0.6) is 23.0 Å². The summed E-state index contributed by atoms with van der Waals surface area (Å²) in [5.74, 6) is 4.85. The Morgan fingerprint density at radius 1 is 0.676 bits per heavy atom. The van der Waals surface area contributed by atoms with Crippen molar-refractivity contribution in [2.45, 2.75) is 52.4 Å². The highest BCUT2D eigenvalue weighted by Gasteiger charge is 2.22. The molecule has 0 saturated carbocycles. The van der Waals surface area contributed by atoms with Crippen LogP contribution in [0.25, 0.3) is 0 Å². The second-order valence-electron chi connectivity index (χ2n) is 9.29. The van der Waals surface area contributed by atoms with E-state index in [-0.39, 0.29) is 10.8 Å². The van der Waals surface area contributed by atoms with E-state index in [1.165, 1.54) is 0 Å². The number of rotatable bonds is 4. The molecule has 180 valence electrons. The van der Waals surface area contributed by atoms with Crippen LogP contribution in [0.4, 0.5) is 0 Å². The van der Waals surface area contributed by atoms with Gasteiger partial charge in [0.1, 0.15) is 23.0 Å². The Bertz CT molecular complexity index is 1010. The van der Waals surface area contributed by atoms with Crippen molar-refractivity contribution in [2.24, 2.45) is 0 Å². The van der Waals surface area contributed by atoms with Gasteiger partial charge >= 0.3 is 11.9 Å². The van der Waals surface area contributed by atoms with Gasteiger partial charge in [-0.15, -0.1) is 12.8 Å². The molecule has 0 amide bonds. The zero-order chi connectivity index (χ0) is 26.1. The van der Waals surface area contributed by atoms with Crippen LogP contribution in [-0.2, 0) is 20.4 Å². The van der Waals surface area contributed by atoms with E-state index in [1.54, 1.807) is 38.5 Å². The summed E-state index contributed by atoms with van der Waals surface area (Å²) in [5, 5.41) is 0. The Labute approximate surface area is 202 Å². The van der Waals surface area contributed by atoms with Crippen LogP contribution in [0.3, 0.4) is 0 Å². The molecule has 0 fully saturated rings. The molecule has 0 atom stereocenters. The molecule has 0 spiro atoms. The molecular weight excluding hydrogens is 432 g/mol. The molecule has 2 rings (SSSR count). The maximum absolute atomic E-state index is 11.1. The van der Waals surface area contributed by atoms with Crippen LogP contribution in [0.15, 0.2) is 36.4 Å². The van der Waals surface area contributed by atoms with Gasteiger partial charge in [0.05, 0.1) is 14.2 Å². The van der Waals surface area contributed by atoms with Crippen molar-refractivity contribution in [3.63, 3.8) is 0 Å². The second kappa shape index (κ2) is 11.8. The van der Waals surface area contributed by atoms with Gasteiger partial charge in [0.25, 0.3) is 0 Å². The minimum atomic E-state index is -0.694. The number of methoxy groups -OCH3 is 2. The van der Waals surface area contributed by atoms with Crippen molar-refractivity contribution < 1.29 is 28.5 Å². The largest absolute Gasteiger partial charge is 0.497 e. The summed E-state index contributed by atoms with van der Waals surface area (Å²) in [7, 11) is 3.18. The zero-order valence-electron chi connectivity index (χ0n) is 21.1. The normalized spacial score (nSPS) is 10.5. The topological polar surface area (TPSA) is 71.1 Å². The maximum atomic E-state index is 11.1. The molecule has 0 bridgehead atoms. The number of hydrogen-bond donors (Lipinski definition) is 0. The Morgan fingerprint density at radius 2 is 1.00 bits per heavy atom. The van der Waals surface area contributed by atoms with Crippen LogP contribution in [0, 0.1) is 24.7 Å². The minimum Gasteiger partial charge on any atom is -0.497 e. The zero-order valence-corrected chi connectivity index (χ0v) is 21.1. The summed E-state index contributed by atoms with van der Waals surface area (Å²) >= 11 is 0. The average Bonchev–Trinajstić information content (AvgIpc) is 2.78. The summed E-state index contributed by atoms with van der Waals surface area (Å²) in [6.45, 7) is 12.1. The van der Waals surface area contributed by atoms with Crippen molar-refractivity contribution in [2.75, 3.05) is 14.2 Å². The van der Waals surface area contributed by atoms with Crippen LogP contribution < -0.4 is 18.9 Å². The molecule has 0 aliphatic rings. The highest BCUT2D eigenvalue weighted by atomic mass is 16.5. The number of carbonyl (C=O) groups excluding carboxylic acids is 2. The SMILES string of the molecule is C#CC(=O)Oc1ccc(OC)cc1C(C)(C)C.C#CC(=O)Oc1ccc(OC)cc1C(C)(C)C. The van der Waals surface area contributed by atoms with Crippen molar-refractivity contribution in [3.05, 3.63) is 47.5 Å². The molecule has 34 heavy (non-hydrogen) atoms. The second-order valence-corrected chi connectivity index (χ2v) is 9.29. The van der Waals surface area contributed by atoms with E-state index in [2.05, 4.69) is 0 Å². The first-order valence-corrected chi connectivity index (χ1v) is 10.5. The highest BCUT2D eigenvalue weighted by Crippen LogP contribution is 2.35. The molecule has 0 aliphatic heterocycles. The number of hydrogen-bond acceptors (Lipinski definition) is 6. The molecule has 0 saturated heterocycles. The van der Waals surface area contributed by atoms with E-state index in [0.717, 1.165) is 22.6 Å². The van der Waals surface area contributed by atoms with E-state index < -0.39 is 11.9 Å². The molecule has 6 nitrogen and oxygen atoms in total. The van der Waals surface area contributed by atoms with Gasteiger partial charge in [-0.05, 0) is 47.2 Å². The molecule has 0 heterocycles. The van der Waals surface area contributed by atoms with Crippen molar-refractivity contribution >= 4 is 11.9 Å². The highest BCUT2D eigenvalue weighted by molar-refractivity contribution is 5.90. The van der Waals surface area contributed by atoms with Gasteiger partial charge in [-0.1, -0.05) is 41.5 Å². The third-order valence-corrected chi connectivity index (χ3v) is 4.63. The summed E-state index contributed by atoms with van der Waals surface area (Å²) in [6.07, 6.45) is 9.97. The lowest BCUT2D eigenvalue weighted by molar-refractivity contribution is -0.129. The summed E-state index contributed by atoms with van der Waals surface area (Å²) in [4.78, 5) is 22.3. The first-order valence-electron chi connectivity index (χ1n) is 10.5. The Balaban J connectivity index is 0.000000340. The first kappa shape index (κ1) is 28.1. The van der Waals surface area contributed by atoms with E-state index >= 15 is 0 Å². The van der Waals surface area contributed by atoms with Crippen LogP contribution in [0.2, 0.25) is 0 Å². The summed E-state index contributed by atoms with van der Waals surface area (Å²) in [5.41, 5.74) is 1.42. The molecule has 2 aromatic carbocycles. The standard InChI is InChI=1S/2C14H16O3/c2*1-6-13(15)17-12-8-7-10(16-5)9-11(12)14(2,3)4/h2*1,7-9H,2-5H3. The third-order valence-electron chi connectivity index (χ3n) is 4.63. The van der Waals surface area contributed by atoms with Crippen molar-refractivity contribution in [3.8, 4) is 47.7 Å². The quantitative estimate of drug-likeness (QED) is 0.273. The third kappa shape index (κ3) is 8.22. The Morgan fingerprint density at radius 3 is 1.24 bits per heavy atom. The smallest absolute Gasteiger partial charge is 0.389 e. The van der Waals surface area contributed by atoms with Gasteiger partial charge in [0.2, 0.25) is 0 Å². The van der Waals surface area contributed by atoms with E-state index in [9.17, 15) is 9.59 Å². The molecule has 0 aliphatic carbocycles. The summed E-state index contributed by atoms with van der Waals surface area (Å²) in [6, 6.07) is 10.5. The van der Waals surface area contributed by atoms with Gasteiger partial charge in [-0.3, -0.25) is 0 Å². The number of ether oxygens (including phenoxy) is 4. The summed E-state index contributed by atoms with van der Waals surface area (Å²) < 4.78 is 20.5. The van der Waals surface area contributed by atoms with E-state index in [4.69, 9.17) is 31.8 Å². The van der Waals surface area contributed by atoms with Gasteiger partial charge in [-0.2, -0.15) is 0 Å². The van der Waals surface area contributed by atoms with Crippen molar-refractivity contribution in [1.29, 1.82) is 0 Å². The molecule has 2 aromatic rings. The fourth-order valence-corrected chi connectivity index (χ4v) is 2.88. The van der Waals surface area contributed by atoms with Crippen LogP contribution in [0.1, 0.15) is 52.7 Å². The number of benzene rings is 2. The van der Waals surface area contributed by atoms with Gasteiger partial charge in [0.15, 0.2) is 0 Å². The fraction of sp³-hybridized carbons (Fsp3) is 0.357. The molecule has 0 unspecified atom stereocenters. The number of terminal acetylenes is 2.